The predicted molar refractivity (Wildman–Crippen MR) is 108 cm³/mol. The number of nitrogens with one attached hydrogen (secondary N) is 1. The van der Waals surface area contributed by atoms with Crippen LogP contribution in [0.15, 0.2) is 66.9 Å². The zero-order valence-electron chi connectivity index (χ0n) is 15.5. The molecule has 6 nitrogen and oxygen atoms in total. The fourth-order valence-corrected chi connectivity index (χ4v) is 3.21. The van der Waals surface area contributed by atoms with Crippen molar-refractivity contribution in [3.05, 3.63) is 78.2 Å². The van der Waals surface area contributed by atoms with Gasteiger partial charge in [-0.05, 0) is 43.2 Å². The molecule has 6 heteroatoms. The van der Waals surface area contributed by atoms with E-state index in [2.05, 4.69) is 20.2 Å². The van der Waals surface area contributed by atoms with Gasteiger partial charge in [-0.3, -0.25) is 4.79 Å². The van der Waals surface area contributed by atoms with E-state index in [0.717, 1.165) is 18.9 Å². The number of aromatic nitrogens is 2. The van der Waals surface area contributed by atoms with Gasteiger partial charge in [0, 0.05) is 19.3 Å². The summed E-state index contributed by atoms with van der Waals surface area (Å²) >= 11 is 0. The molecule has 4 rings (SSSR count). The molecular formula is C22H22N4O2. The zero-order chi connectivity index (χ0) is 19.2. The van der Waals surface area contributed by atoms with E-state index in [0.29, 0.717) is 22.9 Å². The Bertz CT molecular complexity index is 940. The van der Waals surface area contributed by atoms with Crippen molar-refractivity contribution in [3.8, 4) is 11.5 Å². The topological polar surface area (TPSA) is 67.4 Å². The van der Waals surface area contributed by atoms with Crippen molar-refractivity contribution in [3.63, 3.8) is 0 Å². The first-order valence-corrected chi connectivity index (χ1v) is 9.46. The molecule has 1 aliphatic rings. The van der Waals surface area contributed by atoms with Crippen LogP contribution in [0.25, 0.3) is 0 Å². The number of hydrogen-bond donors (Lipinski definition) is 1. The van der Waals surface area contributed by atoms with E-state index in [-0.39, 0.29) is 12.5 Å². The monoisotopic (exact) mass is 374 g/mol. The lowest BCUT2D eigenvalue weighted by Gasteiger charge is -2.16. The van der Waals surface area contributed by atoms with Crippen molar-refractivity contribution in [1.29, 1.82) is 0 Å². The molecule has 0 unspecified atom stereocenters. The highest BCUT2D eigenvalue weighted by atomic mass is 16.5. The summed E-state index contributed by atoms with van der Waals surface area (Å²) in [7, 11) is 0. The third kappa shape index (κ3) is 4.28. The van der Waals surface area contributed by atoms with E-state index in [9.17, 15) is 4.79 Å². The van der Waals surface area contributed by atoms with Crippen LogP contribution in [0, 0.1) is 0 Å². The van der Waals surface area contributed by atoms with E-state index < -0.39 is 0 Å². The second kappa shape index (κ2) is 8.52. The number of carbonyl (C=O) groups is 1. The third-order valence-corrected chi connectivity index (χ3v) is 4.63. The third-order valence-electron chi connectivity index (χ3n) is 4.63. The number of benzene rings is 2. The Labute approximate surface area is 164 Å². The van der Waals surface area contributed by atoms with Gasteiger partial charge in [0.05, 0.1) is 12.1 Å². The van der Waals surface area contributed by atoms with Gasteiger partial charge in [0.1, 0.15) is 23.1 Å². The van der Waals surface area contributed by atoms with Crippen molar-refractivity contribution < 1.29 is 9.53 Å². The van der Waals surface area contributed by atoms with Gasteiger partial charge in [0.15, 0.2) is 0 Å². The van der Waals surface area contributed by atoms with Crippen LogP contribution in [0.5, 0.6) is 11.5 Å². The molecular weight excluding hydrogens is 352 g/mol. The minimum Gasteiger partial charge on any atom is -0.457 e. The first kappa shape index (κ1) is 18.0. The number of para-hydroxylation sites is 2. The van der Waals surface area contributed by atoms with Crippen molar-refractivity contribution >= 4 is 11.7 Å². The number of rotatable bonds is 6. The second-order valence-electron chi connectivity index (χ2n) is 6.62. The van der Waals surface area contributed by atoms with Crippen LogP contribution in [0.3, 0.4) is 0 Å². The summed E-state index contributed by atoms with van der Waals surface area (Å²) in [6, 6.07) is 18.5. The molecule has 0 radical (unpaired) electrons. The summed E-state index contributed by atoms with van der Waals surface area (Å²) in [6.07, 6.45) is 4.12. The summed E-state index contributed by atoms with van der Waals surface area (Å²) in [4.78, 5) is 23.8. The summed E-state index contributed by atoms with van der Waals surface area (Å²) < 4.78 is 5.87. The highest BCUT2D eigenvalue weighted by Gasteiger charge is 2.16. The van der Waals surface area contributed by atoms with Crippen LogP contribution in [-0.4, -0.2) is 29.0 Å². The molecule has 1 saturated heterocycles. The van der Waals surface area contributed by atoms with Gasteiger partial charge in [0.2, 0.25) is 0 Å². The number of anilines is 1. The molecule has 28 heavy (non-hydrogen) atoms. The summed E-state index contributed by atoms with van der Waals surface area (Å²) in [5.41, 5.74) is 0.474. The maximum absolute atomic E-state index is 12.7. The average Bonchev–Trinajstić information content (AvgIpc) is 3.28. The Hall–Kier alpha value is -3.41. The number of nitrogens with zero attached hydrogens (tertiary/aromatic N) is 3. The maximum Gasteiger partial charge on any atom is 0.255 e. The standard InChI is InChI=1S/C22H22N4O2/c27-22(18-10-4-5-11-19(18)28-17-8-2-1-3-9-17)24-16-20-23-13-12-21(25-20)26-14-6-7-15-26/h1-5,8-13H,6-7,14-16H2,(H,24,27). The molecule has 0 aliphatic carbocycles. The van der Waals surface area contributed by atoms with Gasteiger partial charge in [0.25, 0.3) is 5.91 Å². The molecule has 1 fully saturated rings. The fourth-order valence-electron chi connectivity index (χ4n) is 3.21. The van der Waals surface area contributed by atoms with Gasteiger partial charge in [-0.25, -0.2) is 9.97 Å². The summed E-state index contributed by atoms with van der Waals surface area (Å²) in [6.45, 7) is 2.31. The minimum absolute atomic E-state index is 0.221. The molecule has 0 bridgehead atoms. The first-order valence-electron chi connectivity index (χ1n) is 9.46. The quantitative estimate of drug-likeness (QED) is 0.711. The molecule has 142 valence electrons. The van der Waals surface area contributed by atoms with Gasteiger partial charge >= 0.3 is 0 Å². The van der Waals surface area contributed by atoms with Crippen molar-refractivity contribution in [1.82, 2.24) is 15.3 Å². The Morgan fingerprint density at radius 3 is 2.57 bits per heavy atom. The SMILES string of the molecule is O=C(NCc1nccc(N2CCCC2)n1)c1ccccc1Oc1ccccc1. The molecule has 1 aliphatic heterocycles. The Morgan fingerprint density at radius 2 is 1.75 bits per heavy atom. The van der Waals surface area contributed by atoms with E-state index in [4.69, 9.17) is 4.74 Å². The fraction of sp³-hybridized carbons (Fsp3) is 0.227. The van der Waals surface area contributed by atoms with Gasteiger partial charge in [-0.2, -0.15) is 0 Å². The largest absolute Gasteiger partial charge is 0.457 e. The Balaban J connectivity index is 1.44. The van der Waals surface area contributed by atoms with Crippen molar-refractivity contribution in [2.45, 2.75) is 19.4 Å². The van der Waals surface area contributed by atoms with Crippen molar-refractivity contribution in [2.75, 3.05) is 18.0 Å². The van der Waals surface area contributed by atoms with Gasteiger partial charge in [-0.1, -0.05) is 30.3 Å². The van der Waals surface area contributed by atoms with Crippen LogP contribution in [0.2, 0.25) is 0 Å². The zero-order valence-corrected chi connectivity index (χ0v) is 15.5. The van der Waals surface area contributed by atoms with Crippen LogP contribution in [0.4, 0.5) is 5.82 Å². The molecule has 0 saturated carbocycles. The minimum atomic E-state index is -0.221. The second-order valence-corrected chi connectivity index (χ2v) is 6.62. The lowest BCUT2D eigenvalue weighted by molar-refractivity contribution is 0.0947. The van der Waals surface area contributed by atoms with E-state index >= 15 is 0 Å². The smallest absolute Gasteiger partial charge is 0.255 e. The highest BCUT2D eigenvalue weighted by Crippen LogP contribution is 2.25. The molecule has 1 N–H and O–H groups in total. The van der Waals surface area contributed by atoms with Gasteiger partial charge < -0.3 is 15.0 Å². The molecule has 1 aromatic heterocycles. The number of ether oxygens (including phenoxy) is 1. The van der Waals surface area contributed by atoms with Crippen LogP contribution >= 0.6 is 0 Å². The number of carbonyl (C=O) groups excluding carboxylic acids is 1. The number of hydrogen-bond acceptors (Lipinski definition) is 5. The molecule has 0 atom stereocenters. The normalized spacial score (nSPS) is 13.4. The summed E-state index contributed by atoms with van der Waals surface area (Å²) in [5.74, 6) is 2.49. The lowest BCUT2D eigenvalue weighted by Crippen LogP contribution is -2.25. The van der Waals surface area contributed by atoms with E-state index in [1.165, 1.54) is 12.8 Å². The molecule has 2 heterocycles. The molecule has 1 amide bonds. The maximum atomic E-state index is 12.7. The molecule has 0 spiro atoms. The highest BCUT2D eigenvalue weighted by molar-refractivity contribution is 5.96. The molecule has 2 aromatic carbocycles. The van der Waals surface area contributed by atoms with Crippen LogP contribution in [-0.2, 0) is 6.54 Å². The lowest BCUT2D eigenvalue weighted by atomic mass is 10.2. The van der Waals surface area contributed by atoms with Crippen molar-refractivity contribution in [2.24, 2.45) is 0 Å². The van der Waals surface area contributed by atoms with Crippen LogP contribution < -0.4 is 15.0 Å². The Morgan fingerprint density at radius 1 is 1.00 bits per heavy atom. The molecule has 3 aromatic rings. The van der Waals surface area contributed by atoms with Crippen LogP contribution in [0.1, 0.15) is 29.0 Å². The predicted octanol–water partition coefficient (Wildman–Crippen LogP) is 3.80. The van der Waals surface area contributed by atoms with E-state index in [1.807, 2.05) is 48.5 Å². The van der Waals surface area contributed by atoms with E-state index in [1.54, 1.807) is 18.3 Å². The number of amides is 1. The first-order chi connectivity index (χ1) is 13.8. The summed E-state index contributed by atoms with van der Waals surface area (Å²) in [5, 5.41) is 2.90. The Kier molecular flexibility index (Phi) is 5.47. The average molecular weight is 374 g/mol. The van der Waals surface area contributed by atoms with Gasteiger partial charge in [-0.15, -0.1) is 0 Å².